The third-order valence-corrected chi connectivity index (χ3v) is 12.2. The second kappa shape index (κ2) is 10.4. The second-order valence-electron chi connectivity index (χ2n) is 14.9. The summed E-state index contributed by atoms with van der Waals surface area (Å²) < 4.78 is 6.35. The van der Waals surface area contributed by atoms with Crippen molar-refractivity contribution < 1.29 is 4.42 Å². The predicted molar refractivity (Wildman–Crippen MR) is 223 cm³/mol. The van der Waals surface area contributed by atoms with Gasteiger partial charge in [-0.25, -0.2) is 4.98 Å². The Labute approximate surface area is 315 Å². The van der Waals surface area contributed by atoms with Gasteiger partial charge >= 0.3 is 0 Å². The lowest BCUT2D eigenvalue weighted by Gasteiger charge is -2.30. The van der Waals surface area contributed by atoms with Crippen molar-refractivity contribution in [3.63, 3.8) is 0 Å². The average molecular weight is 700 g/mol. The van der Waals surface area contributed by atoms with Crippen LogP contribution >= 0.6 is 0 Å². The number of para-hydroxylation sites is 1. The highest BCUT2D eigenvalue weighted by Gasteiger charge is 2.52. The first-order valence-corrected chi connectivity index (χ1v) is 18.8. The summed E-state index contributed by atoms with van der Waals surface area (Å²) in [6.07, 6.45) is 0. The molecule has 11 aromatic rings. The summed E-state index contributed by atoms with van der Waals surface area (Å²) in [4.78, 5) is 14.1. The molecule has 8 aromatic carbocycles. The molecule has 4 nitrogen and oxygen atoms in total. The lowest BCUT2D eigenvalue weighted by molar-refractivity contribution is 0.653. The van der Waals surface area contributed by atoms with Crippen LogP contribution in [0.5, 0.6) is 0 Å². The minimum absolute atomic E-state index is 0.428. The molecule has 0 fully saturated rings. The molecule has 254 valence electrons. The highest BCUT2D eigenvalue weighted by molar-refractivity contribution is 6.15. The van der Waals surface area contributed by atoms with Crippen molar-refractivity contribution in [1.29, 1.82) is 0 Å². The molecule has 2 aliphatic carbocycles. The first-order chi connectivity index (χ1) is 27.3. The van der Waals surface area contributed by atoms with E-state index >= 15 is 0 Å². The van der Waals surface area contributed by atoms with E-state index in [9.17, 15) is 0 Å². The Balaban J connectivity index is 1.07. The standard InChI is InChI=1S/C51H29N3O/c1-2-13-30(14-3-1)48-47-36-18-8-11-21-45(36)55-50(47)54-49(53-48)31-22-24-35-37-27-38-42(28-44(37)52-43(35)26-31)51(41-25-23-29-12-4-5-15-32(29)46(38)41)39-19-9-6-16-33(39)34-17-7-10-20-40(34)51/h1-28,52H. The van der Waals surface area contributed by atoms with Crippen LogP contribution in [0.15, 0.2) is 174 Å². The van der Waals surface area contributed by atoms with Gasteiger partial charge in [-0.15, -0.1) is 0 Å². The molecule has 3 heterocycles. The lowest BCUT2D eigenvalue weighted by atomic mass is 9.70. The van der Waals surface area contributed by atoms with Crippen molar-refractivity contribution >= 4 is 54.6 Å². The van der Waals surface area contributed by atoms with Crippen molar-refractivity contribution in [3.05, 3.63) is 192 Å². The molecule has 0 radical (unpaired) electrons. The number of aromatic amines is 1. The fourth-order valence-corrected chi connectivity index (χ4v) is 10.0. The number of nitrogens with one attached hydrogen (secondary N) is 1. The maximum absolute atomic E-state index is 6.35. The normalized spacial score (nSPS) is 13.6. The first kappa shape index (κ1) is 29.2. The number of aromatic nitrogens is 3. The van der Waals surface area contributed by atoms with Gasteiger partial charge in [0.1, 0.15) is 5.58 Å². The van der Waals surface area contributed by atoms with E-state index < -0.39 is 5.41 Å². The van der Waals surface area contributed by atoms with Gasteiger partial charge in [-0.2, -0.15) is 4.98 Å². The Morgan fingerprint density at radius 2 is 1.16 bits per heavy atom. The molecule has 2 aliphatic rings. The summed E-state index contributed by atoms with van der Waals surface area (Å²) in [7, 11) is 0. The number of nitrogens with zero attached hydrogens (tertiary/aromatic N) is 2. The fraction of sp³-hybridized carbons (Fsp3) is 0.0196. The predicted octanol–water partition coefficient (Wildman–Crippen LogP) is 12.8. The van der Waals surface area contributed by atoms with Crippen LogP contribution in [-0.4, -0.2) is 15.0 Å². The average Bonchev–Trinajstić information content (AvgIpc) is 3.97. The summed E-state index contributed by atoms with van der Waals surface area (Å²) in [6, 6.07) is 61.4. The molecule has 13 rings (SSSR count). The molecule has 0 bridgehead atoms. The van der Waals surface area contributed by atoms with Gasteiger partial charge in [0, 0.05) is 38.3 Å². The van der Waals surface area contributed by atoms with Crippen LogP contribution in [0.4, 0.5) is 0 Å². The van der Waals surface area contributed by atoms with E-state index in [0.717, 1.165) is 44.2 Å². The van der Waals surface area contributed by atoms with Crippen molar-refractivity contribution in [3.8, 4) is 44.9 Å². The quantitative estimate of drug-likeness (QED) is 0.195. The molecule has 0 unspecified atom stereocenters. The smallest absolute Gasteiger partial charge is 0.231 e. The van der Waals surface area contributed by atoms with Crippen LogP contribution in [0, 0.1) is 0 Å². The molecular weight excluding hydrogens is 671 g/mol. The SMILES string of the molecule is c1ccc(-c2nc(-c3ccc4c(c3)[nH]c3cc5c(cc34)-c3c(ccc4ccccc34)C53c4ccccc4-c4ccccc43)nc3oc4ccccc4c23)cc1. The molecule has 0 atom stereocenters. The fourth-order valence-electron chi connectivity index (χ4n) is 10.0. The Kier molecular flexibility index (Phi) is 5.54. The van der Waals surface area contributed by atoms with Crippen LogP contribution in [0.25, 0.3) is 99.5 Å². The highest BCUT2D eigenvalue weighted by Crippen LogP contribution is 2.64. The zero-order valence-corrected chi connectivity index (χ0v) is 29.5. The van der Waals surface area contributed by atoms with Crippen LogP contribution < -0.4 is 0 Å². The van der Waals surface area contributed by atoms with Gasteiger partial charge in [0.2, 0.25) is 5.71 Å². The van der Waals surface area contributed by atoms with E-state index in [4.69, 9.17) is 14.4 Å². The van der Waals surface area contributed by atoms with Gasteiger partial charge < -0.3 is 9.40 Å². The molecule has 1 spiro atoms. The van der Waals surface area contributed by atoms with Gasteiger partial charge in [-0.05, 0) is 79.5 Å². The minimum Gasteiger partial charge on any atom is -0.438 e. The monoisotopic (exact) mass is 699 g/mol. The number of benzene rings is 8. The van der Waals surface area contributed by atoms with Gasteiger partial charge in [-0.1, -0.05) is 146 Å². The van der Waals surface area contributed by atoms with Crippen molar-refractivity contribution in [1.82, 2.24) is 15.0 Å². The number of hydrogen-bond donors (Lipinski definition) is 1. The topological polar surface area (TPSA) is 54.7 Å². The molecule has 0 aliphatic heterocycles. The van der Waals surface area contributed by atoms with Crippen molar-refractivity contribution in [2.75, 3.05) is 0 Å². The van der Waals surface area contributed by atoms with Crippen LogP contribution in [0.2, 0.25) is 0 Å². The largest absolute Gasteiger partial charge is 0.438 e. The first-order valence-electron chi connectivity index (χ1n) is 18.8. The van der Waals surface area contributed by atoms with E-state index in [0.29, 0.717) is 11.5 Å². The third kappa shape index (κ3) is 3.70. The maximum atomic E-state index is 6.35. The molecule has 55 heavy (non-hydrogen) atoms. The van der Waals surface area contributed by atoms with Gasteiger partial charge in [0.25, 0.3) is 0 Å². The number of fused-ring (bicyclic) bond motifs is 18. The Bertz CT molecular complexity index is 3400. The van der Waals surface area contributed by atoms with E-state index in [1.807, 2.05) is 36.4 Å². The Hall–Kier alpha value is -7.30. The van der Waals surface area contributed by atoms with Crippen LogP contribution in [0.1, 0.15) is 22.3 Å². The molecule has 0 amide bonds. The highest BCUT2D eigenvalue weighted by atomic mass is 16.3. The van der Waals surface area contributed by atoms with E-state index in [1.54, 1.807) is 0 Å². The zero-order chi connectivity index (χ0) is 35.8. The van der Waals surface area contributed by atoms with Crippen LogP contribution in [0.3, 0.4) is 0 Å². The summed E-state index contributed by atoms with van der Waals surface area (Å²) in [5.41, 5.74) is 16.5. The molecule has 4 heteroatoms. The number of hydrogen-bond acceptors (Lipinski definition) is 3. The summed E-state index contributed by atoms with van der Waals surface area (Å²) >= 11 is 0. The molecular formula is C51H29N3O. The zero-order valence-electron chi connectivity index (χ0n) is 29.5. The lowest BCUT2D eigenvalue weighted by Crippen LogP contribution is -2.25. The van der Waals surface area contributed by atoms with Gasteiger partial charge in [0.15, 0.2) is 5.82 Å². The summed E-state index contributed by atoms with van der Waals surface area (Å²) in [5.74, 6) is 0.631. The second-order valence-corrected chi connectivity index (χ2v) is 14.9. The number of H-pyrrole nitrogens is 1. The summed E-state index contributed by atoms with van der Waals surface area (Å²) in [5, 5.41) is 6.86. The number of furan rings is 1. The van der Waals surface area contributed by atoms with E-state index in [2.05, 4.69) is 138 Å². The van der Waals surface area contributed by atoms with Crippen molar-refractivity contribution in [2.24, 2.45) is 0 Å². The molecule has 0 saturated carbocycles. The molecule has 3 aromatic heterocycles. The van der Waals surface area contributed by atoms with Gasteiger partial charge in [0.05, 0.1) is 16.5 Å². The molecule has 0 saturated heterocycles. The van der Waals surface area contributed by atoms with Gasteiger partial charge in [-0.3, -0.25) is 0 Å². The number of rotatable bonds is 2. The van der Waals surface area contributed by atoms with Crippen LogP contribution in [-0.2, 0) is 5.41 Å². The van der Waals surface area contributed by atoms with E-state index in [-0.39, 0.29) is 0 Å². The molecule has 1 N–H and O–H groups in total. The van der Waals surface area contributed by atoms with Crippen molar-refractivity contribution in [2.45, 2.75) is 5.41 Å². The minimum atomic E-state index is -0.428. The van der Waals surface area contributed by atoms with E-state index in [1.165, 1.54) is 66.1 Å². The summed E-state index contributed by atoms with van der Waals surface area (Å²) in [6.45, 7) is 0. The maximum Gasteiger partial charge on any atom is 0.231 e. The Morgan fingerprint density at radius 3 is 2.00 bits per heavy atom. The Morgan fingerprint density at radius 1 is 0.455 bits per heavy atom. The third-order valence-electron chi connectivity index (χ3n) is 12.2.